The summed E-state index contributed by atoms with van der Waals surface area (Å²) in [4.78, 5) is 15.8. The van der Waals surface area contributed by atoms with Gasteiger partial charge in [-0.3, -0.25) is 0 Å². The first-order valence-electron chi connectivity index (χ1n) is 8.92. The molecule has 0 radical (unpaired) electrons. The fourth-order valence-corrected chi connectivity index (χ4v) is 3.59. The van der Waals surface area contributed by atoms with Crippen LogP contribution >= 0.6 is 0 Å². The van der Waals surface area contributed by atoms with Crippen LogP contribution < -0.4 is 0 Å². The van der Waals surface area contributed by atoms with Crippen LogP contribution in [0.3, 0.4) is 0 Å². The Labute approximate surface area is 154 Å². The van der Waals surface area contributed by atoms with Gasteiger partial charge in [-0.15, -0.1) is 0 Å². The van der Waals surface area contributed by atoms with Crippen molar-refractivity contribution in [1.82, 2.24) is 4.57 Å². The highest BCUT2D eigenvalue weighted by atomic mass is 16.4. The van der Waals surface area contributed by atoms with Crippen molar-refractivity contribution >= 4 is 11.8 Å². The highest BCUT2D eigenvalue weighted by Gasteiger charge is 2.23. The number of hydrogen-bond acceptors (Lipinski definition) is 2. The third-order valence-electron chi connectivity index (χ3n) is 4.81. The van der Waals surface area contributed by atoms with Crippen LogP contribution in [-0.2, 0) is 17.6 Å². The number of aliphatic carboxylic acids is 1. The largest absolute Gasteiger partial charge is 0.477 e. The van der Waals surface area contributed by atoms with Gasteiger partial charge >= 0.3 is 5.97 Å². The molecular formula is C22H24N2O2. The molecule has 0 saturated heterocycles. The van der Waals surface area contributed by atoms with Gasteiger partial charge in [0.15, 0.2) is 0 Å². The van der Waals surface area contributed by atoms with Gasteiger partial charge in [-0.05, 0) is 55.4 Å². The number of allylic oxidation sites excluding steroid dienone is 2. The summed E-state index contributed by atoms with van der Waals surface area (Å²) in [5.41, 5.74) is 4.74. The van der Waals surface area contributed by atoms with Crippen molar-refractivity contribution in [2.24, 2.45) is 10.9 Å². The lowest BCUT2D eigenvalue weighted by molar-refractivity contribution is -0.132. The second kappa shape index (κ2) is 7.56. The smallest absolute Gasteiger partial charge is 0.354 e. The number of carboxylic acid groups (broad SMARTS) is 1. The fourth-order valence-electron chi connectivity index (χ4n) is 3.59. The summed E-state index contributed by atoms with van der Waals surface area (Å²) >= 11 is 0. The Bertz CT molecular complexity index is 888. The summed E-state index contributed by atoms with van der Waals surface area (Å²) in [6, 6.07) is 12.4. The SMILES string of the molecule is C=C/C=C(\N=C(C)n1c(-c2ccccc2)cc2c1CCC(C)C2)C(=O)O. The number of rotatable bonds is 4. The molecule has 0 bridgehead atoms. The second-order valence-electron chi connectivity index (χ2n) is 6.80. The molecule has 1 atom stereocenters. The Hall–Kier alpha value is -2.88. The summed E-state index contributed by atoms with van der Waals surface area (Å²) in [6.07, 6.45) is 6.03. The van der Waals surface area contributed by atoms with E-state index in [1.54, 1.807) is 0 Å². The van der Waals surface area contributed by atoms with Crippen LogP contribution in [-0.4, -0.2) is 21.5 Å². The second-order valence-corrected chi connectivity index (χ2v) is 6.80. The standard InChI is InChI=1S/C22H24N2O2/c1-4-8-19(22(25)26)23-16(3)24-20-12-11-15(2)13-18(20)14-21(24)17-9-6-5-7-10-17/h4-10,14-15H,1,11-13H2,2-3H3,(H,25,26)/b19-8-,23-16?. The zero-order valence-electron chi connectivity index (χ0n) is 15.3. The third-order valence-corrected chi connectivity index (χ3v) is 4.81. The minimum absolute atomic E-state index is 0.0110. The normalized spacial score (nSPS) is 17.7. The molecule has 0 fully saturated rings. The van der Waals surface area contributed by atoms with E-state index in [1.165, 1.54) is 23.4 Å². The molecule has 1 N–H and O–H groups in total. The lowest BCUT2D eigenvalue weighted by Crippen LogP contribution is -2.18. The lowest BCUT2D eigenvalue weighted by atomic mass is 9.89. The van der Waals surface area contributed by atoms with E-state index in [1.807, 2.05) is 25.1 Å². The molecule has 1 heterocycles. The minimum Gasteiger partial charge on any atom is -0.477 e. The van der Waals surface area contributed by atoms with E-state index in [9.17, 15) is 9.90 Å². The molecular weight excluding hydrogens is 324 g/mol. The zero-order valence-corrected chi connectivity index (χ0v) is 15.3. The number of fused-ring (bicyclic) bond motifs is 1. The van der Waals surface area contributed by atoms with Crippen LogP contribution in [0.25, 0.3) is 11.3 Å². The van der Waals surface area contributed by atoms with Crippen LogP contribution in [0.5, 0.6) is 0 Å². The highest BCUT2D eigenvalue weighted by Crippen LogP contribution is 2.33. The van der Waals surface area contributed by atoms with Crippen molar-refractivity contribution in [1.29, 1.82) is 0 Å². The monoisotopic (exact) mass is 348 g/mol. The van der Waals surface area contributed by atoms with Crippen LogP contribution in [0.2, 0.25) is 0 Å². The Morgan fingerprint density at radius 2 is 2.08 bits per heavy atom. The Balaban J connectivity index is 2.17. The van der Waals surface area contributed by atoms with E-state index in [2.05, 4.69) is 41.3 Å². The van der Waals surface area contributed by atoms with Crippen molar-refractivity contribution in [3.63, 3.8) is 0 Å². The predicted octanol–water partition coefficient (Wildman–Crippen LogP) is 4.70. The maximum absolute atomic E-state index is 11.4. The van der Waals surface area contributed by atoms with Crippen molar-refractivity contribution in [3.05, 3.63) is 72.1 Å². The molecule has 3 rings (SSSR count). The van der Waals surface area contributed by atoms with Gasteiger partial charge < -0.3 is 9.67 Å². The van der Waals surface area contributed by atoms with E-state index in [0.717, 1.165) is 30.5 Å². The average Bonchev–Trinajstić information content (AvgIpc) is 3.00. The van der Waals surface area contributed by atoms with Gasteiger partial charge in [0.05, 0.1) is 5.69 Å². The summed E-state index contributed by atoms with van der Waals surface area (Å²) in [5.74, 6) is 0.268. The molecule has 0 amide bonds. The summed E-state index contributed by atoms with van der Waals surface area (Å²) in [5, 5.41) is 9.38. The quantitative estimate of drug-likeness (QED) is 0.377. The Morgan fingerprint density at radius 3 is 2.73 bits per heavy atom. The first-order valence-corrected chi connectivity index (χ1v) is 8.92. The van der Waals surface area contributed by atoms with Gasteiger partial charge in [-0.1, -0.05) is 49.9 Å². The Morgan fingerprint density at radius 1 is 1.35 bits per heavy atom. The number of nitrogens with zero attached hydrogens (tertiary/aromatic N) is 2. The maximum Gasteiger partial charge on any atom is 0.354 e. The number of hydrogen-bond donors (Lipinski definition) is 1. The van der Waals surface area contributed by atoms with Gasteiger partial charge in [0, 0.05) is 5.69 Å². The van der Waals surface area contributed by atoms with E-state index in [-0.39, 0.29) is 5.70 Å². The first kappa shape index (κ1) is 17.9. The van der Waals surface area contributed by atoms with Crippen molar-refractivity contribution < 1.29 is 9.90 Å². The molecule has 1 aliphatic carbocycles. The van der Waals surface area contributed by atoms with Crippen molar-refractivity contribution in [3.8, 4) is 11.3 Å². The number of carbonyl (C=O) groups is 1. The summed E-state index contributed by atoms with van der Waals surface area (Å²) in [6.45, 7) is 7.72. The third kappa shape index (κ3) is 3.54. The highest BCUT2D eigenvalue weighted by molar-refractivity contribution is 5.95. The van der Waals surface area contributed by atoms with Gasteiger partial charge in [-0.2, -0.15) is 0 Å². The van der Waals surface area contributed by atoms with Crippen molar-refractivity contribution in [2.75, 3.05) is 0 Å². The molecule has 1 aliphatic rings. The van der Waals surface area contributed by atoms with E-state index < -0.39 is 5.97 Å². The van der Waals surface area contributed by atoms with Gasteiger partial charge in [0.25, 0.3) is 0 Å². The topological polar surface area (TPSA) is 54.6 Å². The average molecular weight is 348 g/mol. The number of aromatic nitrogens is 1. The molecule has 0 aliphatic heterocycles. The fraction of sp³-hybridized carbons (Fsp3) is 0.273. The van der Waals surface area contributed by atoms with Gasteiger partial charge in [-0.25, -0.2) is 9.79 Å². The van der Waals surface area contributed by atoms with E-state index >= 15 is 0 Å². The summed E-state index contributed by atoms with van der Waals surface area (Å²) < 4.78 is 2.12. The molecule has 1 unspecified atom stereocenters. The molecule has 134 valence electrons. The molecule has 2 aromatic rings. The summed E-state index contributed by atoms with van der Waals surface area (Å²) in [7, 11) is 0. The van der Waals surface area contributed by atoms with Crippen LogP contribution in [0, 0.1) is 5.92 Å². The Kier molecular flexibility index (Phi) is 5.21. The molecule has 26 heavy (non-hydrogen) atoms. The van der Waals surface area contributed by atoms with Crippen molar-refractivity contribution in [2.45, 2.75) is 33.1 Å². The van der Waals surface area contributed by atoms with Crippen LogP contribution in [0.15, 0.2) is 65.8 Å². The molecule has 0 spiro atoms. The van der Waals surface area contributed by atoms with E-state index in [0.29, 0.717) is 11.8 Å². The molecule has 1 aromatic heterocycles. The predicted molar refractivity (Wildman–Crippen MR) is 105 cm³/mol. The minimum atomic E-state index is -1.06. The molecule has 1 aromatic carbocycles. The first-order chi connectivity index (χ1) is 12.5. The van der Waals surface area contributed by atoms with Gasteiger partial charge in [0.2, 0.25) is 0 Å². The molecule has 4 nitrogen and oxygen atoms in total. The van der Waals surface area contributed by atoms with Crippen LogP contribution in [0.4, 0.5) is 0 Å². The number of benzene rings is 1. The maximum atomic E-state index is 11.4. The number of carboxylic acids is 1. The van der Waals surface area contributed by atoms with E-state index in [4.69, 9.17) is 0 Å². The van der Waals surface area contributed by atoms with Crippen LogP contribution in [0.1, 0.15) is 31.5 Å². The molecule has 0 saturated carbocycles. The molecule has 4 heteroatoms. The zero-order chi connectivity index (χ0) is 18.7. The van der Waals surface area contributed by atoms with Gasteiger partial charge in [0.1, 0.15) is 11.5 Å². The number of aliphatic imine (C=N–C) groups is 1. The lowest BCUT2D eigenvalue weighted by Gasteiger charge is -2.21.